The van der Waals surface area contributed by atoms with Gasteiger partial charge in [0.25, 0.3) is 0 Å². The number of hydrogen-bond acceptors (Lipinski definition) is 3. The van der Waals surface area contributed by atoms with E-state index in [1.807, 2.05) is 13.0 Å². The molecule has 0 bridgehead atoms. The molecule has 0 spiro atoms. The van der Waals surface area contributed by atoms with E-state index in [1.165, 1.54) is 4.31 Å². The summed E-state index contributed by atoms with van der Waals surface area (Å²) in [6, 6.07) is 5.78. The SMILES string of the molecule is Cc1c(CNC(C)C)cccc1S(=O)(=O)N(C)C. The van der Waals surface area contributed by atoms with Gasteiger partial charge in [-0.25, -0.2) is 12.7 Å². The Morgan fingerprint density at radius 1 is 1.28 bits per heavy atom. The summed E-state index contributed by atoms with van der Waals surface area (Å²) in [5, 5.41) is 3.30. The molecule has 1 N–H and O–H groups in total. The Bertz CT molecular complexity index is 508. The van der Waals surface area contributed by atoms with Crippen molar-refractivity contribution in [3.63, 3.8) is 0 Å². The Morgan fingerprint density at radius 2 is 1.89 bits per heavy atom. The van der Waals surface area contributed by atoms with E-state index >= 15 is 0 Å². The molecule has 4 nitrogen and oxygen atoms in total. The maximum Gasteiger partial charge on any atom is 0.242 e. The van der Waals surface area contributed by atoms with Crippen LogP contribution in [0.2, 0.25) is 0 Å². The van der Waals surface area contributed by atoms with Crippen LogP contribution in [0, 0.1) is 6.92 Å². The lowest BCUT2D eigenvalue weighted by Crippen LogP contribution is -2.25. The molecule has 0 aliphatic carbocycles. The number of rotatable bonds is 5. The second-order valence-corrected chi connectivity index (χ2v) is 6.98. The second kappa shape index (κ2) is 5.82. The minimum Gasteiger partial charge on any atom is -0.310 e. The van der Waals surface area contributed by atoms with E-state index in [2.05, 4.69) is 19.2 Å². The molecular formula is C13H22N2O2S. The van der Waals surface area contributed by atoms with Gasteiger partial charge >= 0.3 is 0 Å². The van der Waals surface area contributed by atoms with Gasteiger partial charge in [-0.1, -0.05) is 26.0 Å². The van der Waals surface area contributed by atoms with Gasteiger partial charge in [0, 0.05) is 26.7 Å². The van der Waals surface area contributed by atoms with Gasteiger partial charge < -0.3 is 5.32 Å². The zero-order valence-electron chi connectivity index (χ0n) is 11.7. The second-order valence-electron chi connectivity index (χ2n) is 4.86. The van der Waals surface area contributed by atoms with Crippen molar-refractivity contribution in [1.29, 1.82) is 0 Å². The van der Waals surface area contributed by atoms with E-state index in [-0.39, 0.29) is 0 Å². The molecule has 0 aliphatic heterocycles. The Labute approximate surface area is 110 Å². The average Bonchev–Trinajstić information content (AvgIpc) is 2.27. The van der Waals surface area contributed by atoms with Crippen LogP contribution in [0.15, 0.2) is 23.1 Å². The fourth-order valence-electron chi connectivity index (χ4n) is 1.64. The topological polar surface area (TPSA) is 49.4 Å². The molecule has 0 aromatic heterocycles. The zero-order chi connectivity index (χ0) is 13.9. The van der Waals surface area contributed by atoms with Crippen molar-refractivity contribution in [3.05, 3.63) is 29.3 Å². The predicted octanol–water partition coefficient (Wildman–Crippen LogP) is 1.74. The molecule has 18 heavy (non-hydrogen) atoms. The van der Waals surface area contributed by atoms with E-state index < -0.39 is 10.0 Å². The molecule has 0 amide bonds. The highest BCUT2D eigenvalue weighted by Gasteiger charge is 2.20. The highest BCUT2D eigenvalue weighted by molar-refractivity contribution is 7.89. The van der Waals surface area contributed by atoms with Crippen LogP contribution in [-0.4, -0.2) is 32.9 Å². The largest absolute Gasteiger partial charge is 0.310 e. The third-order valence-corrected chi connectivity index (χ3v) is 4.82. The monoisotopic (exact) mass is 270 g/mol. The Morgan fingerprint density at radius 3 is 2.39 bits per heavy atom. The summed E-state index contributed by atoms with van der Waals surface area (Å²) in [6.45, 7) is 6.67. The van der Waals surface area contributed by atoms with Gasteiger partial charge in [-0.2, -0.15) is 0 Å². The first-order valence-electron chi connectivity index (χ1n) is 6.01. The number of nitrogens with zero attached hydrogens (tertiary/aromatic N) is 1. The molecule has 1 aromatic rings. The van der Waals surface area contributed by atoms with Crippen LogP contribution in [0.25, 0.3) is 0 Å². The van der Waals surface area contributed by atoms with Crippen molar-refractivity contribution in [2.45, 2.75) is 38.3 Å². The van der Waals surface area contributed by atoms with Crippen molar-refractivity contribution in [3.8, 4) is 0 Å². The first-order valence-corrected chi connectivity index (χ1v) is 7.45. The Balaban J connectivity index is 3.14. The Hall–Kier alpha value is -0.910. The molecule has 0 saturated carbocycles. The molecule has 0 atom stereocenters. The molecule has 0 aliphatic rings. The van der Waals surface area contributed by atoms with E-state index in [9.17, 15) is 8.42 Å². The summed E-state index contributed by atoms with van der Waals surface area (Å²) in [5.41, 5.74) is 1.84. The van der Waals surface area contributed by atoms with Gasteiger partial charge in [-0.05, 0) is 24.1 Å². The van der Waals surface area contributed by atoms with E-state index in [0.717, 1.165) is 11.1 Å². The van der Waals surface area contributed by atoms with Crippen molar-refractivity contribution < 1.29 is 8.42 Å². The van der Waals surface area contributed by atoms with Crippen LogP contribution in [0.3, 0.4) is 0 Å². The fourth-order valence-corrected chi connectivity index (χ4v) is 2.80. The highest BCUT2D eigenvalue weighted by atomic mass is 32.2. The smallest absolute Gasteiger partial charge is 0.242 e. The zero-order valence-corrected chi connectivity index (χ0v) is 12.5. The summed E-state index contributed by atoms with van der Waals surface area (Å²) in [5.74, 6) is 0. The summed E-state index contributed by atoms with van der Waals surface area (Å²) < 4.78 is 25.5. The Kier molecular flexibility index (Phi) is 4.90. The summed E-state index contributed by atoms with van der Waals surface area (Å²) in [7, 11) is -0.264. The number of nitrogens with one attached hydrogen (secondary N) is 1. The van der Waals surface area contributed by atoms with E-state index in [0.29, 0.717) is 17.5 Å². The summed E-state index contributed by atoms with van der Waals surface area (Å²) >= 11 is 0. The standard InChI is InChI=1S/C13H22N2O2S/c1-10(2)14-9-12-7-6-8-13(11(12)3)18(16,17)15(4)5/h6-8,10,14H,9H2,1-5H3. The average molecular weight is 270 g/mol. The third-order valence-electron chi connectivity index (χ3n) is 2.86. The van der Waals surface area contributed by atoms with E-state index in [4.69, 9.17) is 0 Å². The molecule has 0 heterocycles. The minimum atomic E-state index is -3.36. The number of sulfonamides is 1. The van der Waals surface area contributed by atoms with Gasteiger partial charge in [0.2, 0.25) is 10.0 Å². The molecule has 5 heteroatoms. The highest BCUT2D eigenvalue weighted by Crippen LogP contribution is 2.21. The van der Waals surface area contributed by atoms with E-state index in [1.54, 1.807) is 26.2 Å². The lowest BCUT2D eigenvalue weighted by atomic mass is 10.1. The van der Waals surface area contributed by atoms with Gasteiger partial charge in [-0.15, -0.1) is 0 Å². The van der Waals surface area contributed by atoms with Gasteiger partial charge in [0.1, 0.15) is 0 Å². The van der Waals surface area contributed by atoms with Crippen molar-refractivity contribution in [1.82, 2.24) is 9.62 Å². The number of benzene rings is 1. The maximum absolute atomic E-state index is 12.1. The van der Waals surface area contributed by atoms with Crippen LogP contribution in [-0.2, 0) is 16.6 Å². The van der Waals surface area contributed by atoms with Crippen LogP contribution in [0.4, 0.5) is 0 Å². The molecule has 102 valence electrons. The van der Waals surface area contributed by atoms with Crippen LogP contribution >= 0.6 is 0 Å². The predicted molar refractivity (Wildman–Crippen MR) is 74.0 cm³/mol. The van der Waals surface area contributed by atoms with Gasteiger partial charge in [0.05, 0.1) is 4.90 Å². The minimum absolute atomic E-state index is 0.374. The normalized spacial score (nSPS) is 12.4. The van der Waals surface area contributed by atoms with Crippen LogP contribution in [0.5, 0.6) is 0 Å². The molecule has 1 rings (SSSR count). The molecule has 1 aromatic carbocycles. The van der Waals surface area contributed by atoms with Gasteiger partial charge in [0.15, 0.2) is 0 Å². The summed E-state index contributed by atoms with van der Waals surface area (Å²) in [4.78, 5) is 0.385. The molecular weight excluding hydrogens is 248 g/mol. The van der Waals surface area contributed by atoms with Crippen molar-refractivity contribution >= 4 is 10.0 Å². The number of hydrogen-bond donors (Lipinski definition) is 1. The quantitative estimate of drug-likeness (QED) is 0.886. The fraction of sp³-hybridized carbons (Fsp3) is 0.538. The van der Waals surface area contributed by atoms with Crippen molar-refractivity contribution in [2.75, 3.05) is 14.1 Å². The van der Waals surface area contributed by atoms with Crippen LogP contribution < -0.4 is 5.32 Å². The molecule has 0 radical (unpaired) electrons. The first-order chi connectivity index (χ1) is 8.26. The molecule has 0 saturated heterocycles. The third kappa shape index (κ3) is 3.31. The van der Waals surface area contributed by atoms with Gasteiger partial charge in [-0.3, -0.25) is 0 Å². The molecule has 0 unspecified atom stereocenters. The first kappa shape index (κ1) is 15.1. The lowest BCUT2D eigenvalue weighted by molar-refractivity contribution is 0.519. The maximum atomic E-state index is 12.1. The molecule has 0 fully saturated rings. The van der Waals surface area contributed by atoms with Crippen molar-refractivity contribution in [2.24, 2.45) is 0 Å². The lowest BCUT2D eigenvalue weighted by Gasteiger charge is -2.17. The van der Waals surface area contributed by atoms with Crippen LogP contribution in [0.1, 0.15) is 25.0 Å². The summed E-state index contributed by atoms with van der Waals surface area (Å²) in [6.07, 6.45) is 0.